The lowest BCUT2D eigenvalue weighted by atomic mass is 10.3. The highest BCUT2D eigenvalue weighted by atomic mass is 127. The minimum Gasteiger partial charge on any atom is -0.505 e. The van der Waals surface area contributed by atoms with Crippen molar-refractivity contribution in [2.45, 2.75) is 6.36 Å². The molecule has 16 heavy (non-hydrogen) atoms. The topological polar surface area (TPSA) is 59.4 Å². The van der Waals surface area contributed by atoms with Gasteiger partial charge in [-0.1, -0.05) is 0 Å². The maximum absolute atomic E-state index is 12.0. The smallest absolute Gasteiger partial charge is 0.505 e. The van der Waals surface area contributed by atoms with Crippen LogP contribution in [0.5, 0.6) is 11.5 Å². The van der Waals surface area contributed by atoms with Crippen LogP contribution in [-0.2, 0) is 0 Å². The van der Waals surface area contributed by atoms with Crippen molar-refractivity contribution in [2.24, 2.45) is 0 Å². The molecule has 1 heterocycles. The number of alkyl halides is 3. The van der Waals surface area contributed by atoms with E-state index in [2.05, 4.69) is 9.72 Å². The first-order chi connectivity index (χ1) is 7.22. The maximum atomic E-state index is 12.0. The predicted molar refractivity (Wildman–Crippen MR) is 55.5 cm³/mol. The molecule has 0 bridgehead atoms. The fourth-order valence-electron chi connectivity index (χ4n) is 0.810. The van der Waals surface area contributed by atoms with E-state index < -0.39 is 28.8 Å². The summed E-state index contributed by atoms with van der Waals surface area (Å²) >= 11 is 6.41. The summed E-state index contributed by atoms with van der Waals surface area (Å²) in [4.78, 5) is 14.0. The fourth-order valence-corrected chi connectivity index (χ4v) is 1.45. The predicted octanol–water partition coefficient (Wildman–Crippen LogP) is 2.67. The first-order valence-electron chi connectivity index (χ1n) is 3.55. The van der Waals surface area contributed by atoms with Crippen LogP contribution in [0.15, 0.2) is 6.20 Å². The molecule has 88 valence electrons. The van der Waals surface area contributed by atoms with Gasteiger partial charge in [0.25, 0.3) is 5.24 Å². The van der Waals surface area contributed by atoms with Gasteiger partial charge >= 0.3 is 6.36 Å². The quantitative estimate of drug-likeness (QED) is 0.645. The average molecular weight is 367 g/mol. The third-order valence-corrected chi connectivity index (χ3v) is 2.58. The van der Waals surface area contributed by atoms with E-state index in [1.165, 1.54) is 22.6 Å². The van der Waals surface area contributed by atoms with Crippen LogP contribution in [-0.4, -0.2) is 21.7 Å². The number of hydrogen-bond acceptors (Lipinski definition) is 4. The molecule has 1 aromatic heterocycles. The molecule has 1 N–H and O–H groups in total. The van der Waals surface area contributed by atoms with Gasteiger partial charge in [-0.05, 0) is 34.2 Å². The largest absolute Gasteiger partial charge is 0.573 e. The van der Waals surface area contributed by atoms with Gasteiger partial charge < -0.3 is 9.84 Å². The van der Waals surface area contributed by atoms with Crippen LogP contribution in [0.25, 0.3) is 0 Å². The van der Waals surface area contributed by atoms with E-state index in [0.717, 1.165) is 6.20 Å². The SMILES string of the molecule is O=C(Cl)c1ncc(O)c(I)c1OC(F)(F)F. The van der Waals surface area contributed by atoms with Gasteiger partial charge in [-0.25, -0.2) is 4.98 Å². The van der Waals surface area contributed by atoms with Crippen molar-refractivity contribution in [2.75, 3.05) is 0 Å². The Bertz CT molecular complexity index is 438. The summed E-state index contributed by atoms with van der Waals surface area (Å²) < 4.78 is 39.3. The molecule has 0 saturated carbocycles. The van der Waals surface area contributed by atoms with E-state index in [9.17, 15) is 18.0 Å². The maximum Gasteiger partial charge on any atom is 0.573 e. The molecule has 0 fully saturated rings. The van der Waals surface area contributed by atoms with Gasteiger partial charge in [0.2, 0.25) is 0 Å². The number of rotatable bonds is 2. The summed E-state index contributed by atoms with van der Waals surface area (Å²) in [5.41, 5.74) is -0.707. The van der Waals surface area contributed by atoms with Crippen molar-refractivity contribution < 1.29 is 27.8 Å². The summed E-state index contributed by atoms with van der Waals surface area (Å²) in [6.45, 7) is 0. The Balaban J connectivity index is 3.32. The zero-order valence-electron chi connectivity index (χ0n) is 7.18. The van der Waals surface area contributed by atoms with Crippen LogP contribution in [0.3, 0.4) is 0 Å². The Morgan fingerprint density at radius 3 is 2.56 bits per heavy atom. The van der Waals surface area contributed by atoms with Gasteiger partial charge in [0.15, 0.2) is 17.2 Å². The number of halogens is 5. The summed E-state index contributed by atoms with van der Waals surface area (Å²) in [7, 11) is 0. The van der Waals surface area contributed by atoms with Gasteiger partial charge in [-0.3, -0.25) is 4.79 Å². The second-order valence-electron chi connectivity index (χ2n) is 2.46. The molecule has 0 amide bonds. The Labute approximate surface area is 106 Å². The summed E-state index contributed by atoms with van der Waals surface area (Å²) in [5.74, 6) is -1.45. The normalized spacial score (nSPS) is 11.3. The number of aromatic nitrogens is 1. The molecule has 0 spiro atoms. The van der Waals surface area contributed by atoms with Gasteiger partial charge in [0, 0.05) is 0 Å². The molecule has 9 heteroatoms. The van der Waals surface area contributed by atoms with Crippen molar-refractivity contribution in [3.8, 4) is 11.5 Å². The second kappa shape index (κ2) is 4.62. The zero-order chi connectivity index (χ0) is 12.5. The number of carbonyl (C=O) groups excluding carboxylic acids is 1. The number of nitrogens with zero attached hydrogens (tertiary/aromatic N) is 1. The second-order valence-corrected chi connectivity index (χ2v) is 3.88. The van der Waals surface area contributed by atoms with Crippen molar-refractivity contribution in [3.05, 3.63) is 15.5 Å². The first kappa shape index (κ1) is 13.3. The number of ether oxygens (including phenoxy) is 1. The minimum absolute atomic E-state index is 0.297. The molecule has 1 rings (SSSR count). The first-order valence-corrected chi connectivity index (χ1v) is 5.01. The van der Waals surface area contributed by atoms with Crippen LogP contribution >= 0.6 is 34.2 Å². The minimum atomic E-state index is -5.00. The summed E-state index contributed by atoms with van der Waals surface area (Å²) in [6, 6.07) is 0. The van der Waals surface area contributed by atoms with E-state index in [1.807, 2.05) is 0 Å². The monoisotopic (exact) mass is 367 g/mol. The van der Waals surface area contributed by atoms with Gasteiger partial charge in [0.05, 0.1) is 6.20 Å². The third kappa shape index (κ3) is 3.11. The zero-order valence-corrected chi connectivity index (χ0v) is 10.1. The fraction of sp³-hybridized carbons (Fsp3) is 0.143. The van der Waals surface area contributed by atoms with E-state index >= 15 is 0 Å². The Hall–Kier alpha value is -0.770. The van der Waals surface area contributed by atoms with Gasteiger partial charge in [-0.2, -0.15) is 0 Å². The highest BCUT2D eigenvalue weighted by molar-refractivity contribution is 14.1. The summed E-state index contributed by atoms with van der Waals surface area (Å²) in [6.07, 6.45) is -4.20. The lowest BCUT2D eigenvalue weighted by molar-refractivity contribution is -0.275. The third-order valence-electron chi connectivity index (χ3n) is 1.36. The lowest BCUT2D eigenvalue weighted by Gasteiger charge is -2.12. The van der Waals surface area contributed by atoms with E-state index in [1.54, 1.807) is 0 Å². The van der Waals surface area contributed by atoms with Gasteiger partial charge in [-0.15, -0.1) is 13.2 Å². The van der Waals surface area contributed by atoms with Crippen LogP contribution in [0.4, 0.5) is 13.2 Å². The molecule has 0 aliphatic rings. The molecule has 0 radical (unpaired) electrons. The number of carbonyl (C=O) groups is 1. The van der Waals surface area contributed by atoms with Crippen LogP contribution in [0, 0.1) is 3.57 Å². The van der Waals surface area contributed by atoms with Crippen molar-refractivity contribution in [1.29, 1.82) is 0 Å². The molecule has 1 aromatic rings. The lowest BCUT2D eigenvalue weighted by Crippen LogP contribution is -2.20. The van der Waals surface area contributed by atoms with Gasteiger partial charge in [0.1, 0.15) is 3.57 Å². The molecular weight excluding hydrogens is 365 g/mol. The molecule has 0 saturated heterocycles. The Kier molecular flexibility index (Phi) is 3.84. The molecule has 0 aromatic carbocycles. The highest BCUT2D eigenvalue weighted by Gasteiger charge is 2.35. The summed E-state index contributed by atoms with van der Waals surface area (Å²) in [5, 5.41) is 7.92. The molecule has 0 atom stereocenters. The van der Waals surface area contributed by atoms with E-state index in [-0.39, 0.29) is 3.57 Å². The highest BCUT2D eigenvalue weighted by Crippen LogP contribution is 2.35. The van der Waals surface area contributed by atoms with E-state index in [4.69, 9.17) is 16.7 Å². The molecular formula is C7H2ClF3INO3. The Morgan fingerprint density at radius 2 is 2.12 bits per heavy atom. The standard InChI is InChI=1S/C7H2ClF3INO3/c8-6(15)4-5(16-7(9,10)11)3(12)2(14)1-13-4/h1,14H. The molecule has 0 aliphatic heterocycles. The number of aromatic hydroxyl groups is 1. The number of pyridine rings is 1. The van der Waals surface area contributed by atoms with Crippen molar-refractivity contribution >= 4 is 39.4 Å². The van der Waals surface area contributed by atoms with Crippen LogP contribution in [0.2, 0.25) is 0 Å². The van der Waals surface area contributed by atoms with Crippen molar-refractivity contribution in [1.82, 2.24) is 4.98 Å². The van der Waals surface area contributed by atoms with Crippen LogP contribution < -0.4 is 4.74 Å². The molecule has 0 aliphatic carbocycles. The van der Waals surface area contributed by atoms with Crippen LogP contribution in [0.1, 0.15) is 10.5 Å². The van der Waals surface area contributed by atoms with Crippen molar-refractivity contribution in [3.63, 3.8) is 0 Å². The Morgan fingerprint density at radius 1 is 1.56 bits per heavy atom. The molecule has 0 unspecified atom stereocenters. The molecule has 4 nitrogen and oxygen atoms in total. The van der Waals surface area contributed by atoms with E-state index in [0.29, 0.717) is 0 Å². The number of hydrogen-bond donors (Lipinski definition) is 1. The average Bonchev–Trinajstić information content (AvgIpc) is 2.10.